The summed E-state index contributed by atoms with van der Waals surface area (Å²) < 4.78 is 15.3. The van der Waals surface area contributed by atoms with Crippen LogP contribution in [0.3, 0.4) is 0 Å². The van der Waals surface area contributed by atoms with E-state index in [2.05, 4.69) is 26.0 Å². The summed E-state index contributed by atoms with van der Waals surface area (Å²) in [5.74, 6) is 0.562. The summed E-state index contributed by atoms with van der Waals surface area (Å²) in [6.45, 7) is 6.84. The van der Waals surface area contributed by atoms with E-state index in [9.17, 15) is 0 Å². The molecule has 2 rings (SSSR count). The lowest BCUT2D eigenvalue weighted by Crippen LogP contribution is -2.32. The number of aromatic nitrogens is 2. The van der Waals surface area contributed by atoms with E-state index in [-0.39, 0.29) is 0 Å². The molecule has 0 unspecified atom stereocenters. The van der Waals surface area contributed by atoms with Crippen LogP contribution < -0.4 is 4.57 Å². The highest BCUT2D eigenvalue weighted by Crippen LogP contribution is 2.00. The quantitative estimate of drug-likeness (QED) is 0.692. The van der Waals surface area contributed by atoms with Gasteiger partial charge < -0.3 is 9.47 Å². The average Bonchev–Trinajstić information content (AvgIpc) is 2.87. The predicted molar refractivity (Wildman–Crippen MR) is 76.6 cm³/mol. The smallest absolute Gasteiger partial charge is 0.247 e. The third-order valence-electron chi connectivity index (χ3n) is 2.79. The summed E-state index contributed by atoms with van der Waals surface area (Å²) in [6, 6.07) is 10.2. The topological polar surface area (TPSA) is 27.3 Å². The van der Waals surface area contributed by atoms with E-state index in [1.165, 1.54) is 5.56 Å². The Morgan fingerprint density at radius 1 is 1.15 bits per heavy atom. The fourth-order valence-corrected chi connectivity index (χ4v) is 1.83. The molecule has 0 N–H and O–H groups in total. The van der Waals surface area contributed by atoms with E-state index in [4.69, 9.17) is 9.47 Å². The van der Waals surface area contributed by atoms with E-state index < -0.39 is 0 Å². The van der Waals surface area contributed by atoms with Gasteiger partial charge in [-0.2, -0.15) is 0 Å². The number of hydrogen-bond acceptors (Lipinski definition) is 2. The van der Waals surface area contributed by atoms with E-state index >= 15 is 0 Å². The first kappa shape index (κ1) is 14.8. The number of nitrogens with zero attached hydrogens (tertiary/aromatic N) is 2. The summed E-state index contributed by atoms with van der Waals surface area (Å²) in [5, 5.41) is 0. The summed E-state index contributed by atoms with van der Waals surface area (Å²) in [7, 11) is 0. The molecule has 1 aromatic carbocycles. The van der Waals surface area contributed by atoms with Crippen LogP contribution in [-0.4, -0.2) is 11.2 Å². The van der Waals surface area contributed by atoms with Gasteiger partial charge >= 0.3 is 0 Å². The Bertz CT molecular complexity index is 494. The second-order valence-corrected chi connectivity index (χ2v) is 5.30. The fraction of sp³-hybridized carbons (Fsp3) is 0.438. The largest absolute Gasteiger partial charge is 0.341 e. The molecule has 20 heavy (non-hydrogen) atoms. The minimum absolute atomic E-state index is 0.548. The molecule has 0 aliphatic rings. The molecule has 0 aliphatic carbocycles. The molecule has 0 fully saturated rings. The minimum atomic E-state index is 0.548. The van der Waals surface area contributed by atoms with E-state index in [0.29, 0.717) is 26.0 Å². The molecule has 0 saturated heterocycles. The van der Waals surface area contributed by atoms with Gasteiger partial charge in [0.1, 0.15) is 12.4 Å². The van der Waals surface area contributed by atoms with Crippen molar-refractivity contribution >= 4 is 0 Å². The molecule has 0 amide bonds. The number of benzene rings is 1. The minimum Gasteiger partial charge on any atom is -0.341 e. The zero-order chi connectivity index (χ0) is 14.2. The number of hydrogen-bond donors (Lipinski definition) is 0. The molecule has 0 bridgehead atoms. The maximum absolute atomic E-state index is 5.67. The maximum Gasteiger partial charge on any atom is 0.247 e. The summed E-state index contributed by atoms with van der Waals surface area (Å²) in [6.07, 6.45) is 5.97. The molecule has 4 nitrogen and oxygen atoms in total. The third-order valence-corrected chi connectivity index (χ3v) is 2.79. The van der Waals surface area contributed by atoms with Crippen LogP contribution in [-0.2, 0) is 29.5 Å². The molecule has 108 valence electrons. The number of imidazole rings is 1. The zero-order valence-corrected chi connectivity index (χ0v) is 12.2. The fourth-order valence-electron chi connectivity index (χ4n) is 1.83. The Morgan fingerprint density at radius 2 is 1.95 bits per heavy atom. The van der Waals surface area contributed by atoms with Crippen LogP contribution in [0, 0.1) is 5.92 Å². The second-order valence-electron chi connectivity index (χ2n) is 5.30. The Labute approximate surface area is 120 Å². The highest BCUT2D eigenvalue weighted by atomic mass is 16.5. The van der Waals surface area contributed by atoms with Crippen molar-refractivity contribution in [2.24, 2.45) is 5.92 Å². The summed E-state index contributed by atoms with van der Waals surface area (Å²) >= 11 is 0. The molecule has 0 saturated carbocycles. The lowest BCUT2D eigenvalue weighted by molar-refractivity contribution is -0.733. The predicted octanol–water partition coefficient (Wildman–Crippen LogP) is 2.58. The second kappa shape index (κ2) is 7.82. The van der Waals surface area contributed by atoms with Crippen molar-refractivity contribution in [1.82, 2.24) is 4.57 Å². The van der Waals surface area contributed by atoms with Gasteiger partial charge in [-0.1, -0.05) is 44.2 Å². The van der Waals surface area contributed by atoms with Gasteiger partial charge in [-0.25, -0.2) is 9.13 Å². The van der Waals surface area contributed by atoms with Gasteiger partial charge in [-0.15, -0.1) is 0 Å². The van der Waals surface area contributed by atoms with Crippen molar-refractivity contribution < 1.29 is 14.0 Å². The van der Waals surface area contributed by atoms with Gasteiger partial charge in [0.2, 0.25) is 6.33 Å². The standard InChI is InChI=1S/C16H23N2O2/c1-15(2)10-19-13-17-8-9-18(12-17)14-20-11-16-6-4-3-5-7-16/h3-9,12,15H,10-11,13-14H2,1-2H3/q+1. The molecule has 0 radical (unpaired) electrons. The first-order valence-electron chi connectivity index (χ1n) is 6.98. The molecule has 0 spiro atoms. The van der Waals surface area contributed by atoms with E-state index in [1.807, 2.05) is 46.1 Å². The molecule has 1 aromatic heterocycles. The van der Waals surface area contributed by atoms with Crippen molar-refractivity contribution in [3.8, 4) is 0 Å². The van der Waals surface area contributed by atoms with Crippen LogP contribution in [0.4, 0.5) is 0 Å². The van der Waals surface area contributed by atoms with E-state index in [1.54, 1.807) is 0 Å². The maximum atomic E-state index is 5.67. The van der Waals surface area contributed by atoms with Crippen LogP contribution in [0.1, 0.15) is 19.4 Å². The van der Waals surface area contributed by atoms with Gasteiger partial charge in [0.05, 0.1) is 13.2 Å². The van der Waals surface area contributed by atoms with Crippen LogP contribution in [0.25, 0.3) is 0 Å². The van der Waals surface area contributed by atoms with Crippen molar-refractivity contribution in [1.29, 1.82) is 0 Å². The first-order valence-corrected chi connectivity index (χ1v) is 6.98. The molecular formula is C16H23N2O2+. The SMILES string of the molecule is CC(C)COCn1cc[n+](COCc2ccccc2)c1. The van der Waals surface area contributed by atoms with Crippen LogP contribution in [0.15, 0.2) is 49.1 Å². The Hall–Kier alpha value is -1.65. The summed E-state index contributed by atoms with van der Waals surface area (Å²) in [5.41, 5.74) is 1.19. The zero-order valence-electron chi connectivity index (χ0n) is 12.2. The number of rotatable bonds is 8. The van der Waals surface area contributed by atoms with Crippen molar-refractivity contribution in [3.05, 3.63) is 54.6 Å². The lowest BCUT2D eigenvalue weighted by atomic mass is 10.2. The highest BCUT2D eigenvalue weighted by Gasteiger charge is 2.04. The molecule has 1 heterocycles. The average molecular weight is 275 g/mol. The van der Waals surface area contributed by atoms with Gasteiger partial charge in [0, 0.05) is 0 Å². The Balaban J connectivity index is 1.70. The van der Waals surface area contributed by atoms with Gasteiger partial charge in [0.15, 0.2) is 13.5 Å². The first-order chi connectivity index (χ1) is 9.74. The molecule has 0 aliphatic heterocycles. The van der Waals surface area contributed by atoms with E-state index in [0.717, 1.165) is 6.61 Å². The van der Waals surface area contributed by atoms with Gasteiger partial charge in [-0.3, -0.25) is 0 Å². The molecule has 4 heteroatoms. The number of ether oxygens (including phenoxy) is 2. The molecule has 2 aromatic rings. The van der Waals surface area contributed by atoms with Crippen LogP contribution in [0.5, 0.6) is 0 Å². The van der Waals surface area contributed by atoms with Gasteiger partial charge in [0.25, 0.3) is 0 Å². The Morgan fingerprint density at radius 3 is 2.70 bits per heavy atom. The van der Waals surface area contributed by atoms with Crippen molar-refractivity contribution in [2.45, 2.75) is 33.9 Å². The highest BCUT2D eigenvalue weighted by molar-refractivity contribution is 5.13. The van der Waals surface area contributed by atoms with Crippen molar-refractivity contribution in [2.75, 3.05) is 6.61 Å². The molecular weight excluding hydrogens is 252 g/mol. The van der Waals surface area contributed by atoms with Crippen molar-refractivity contribution in [3.63, 3.8) is 0 Å². The van der Waals surface area contributed by atoms with Crippen LogP contribution >= 0.6 is 0 Å². The normalized spacial score (nSPS) is 11.2. The Kier molecular flexibility index (Phi) is 5.77. The van der Waals surface area contributed by atoms with Crippen LogP contribution in [0.2, 0.25) is 0 Å². The van der Waals surface area contributed by atoms with Gasteiger partial charge in [-0.05, 0) is 11.5 Å². The summed E-state index contributed by atoms with van der Waals surface area (Å²) in [4.78, 5) is 0. The molecule has 0 atom stereocenters. The third kappa shape index (κ3) is 5.15. The lowest BCUT2D eigenvalue weighted by Gasteiger charge is -2.03. The monoisotopic (exact) mass is 275 g/mol.